The van der Waals surface area contributed by atoms with Gasteiger partial charge >= 0.3 is 6.09 Å². The first-order chi connectivity index (χ1) is 12.8. The summed E-state index contributed by atoms with van der Waals surface area (Å²) in [5.74, 6) is -0.402. The molecule has 2 aromatic rings. The average molecular weight is 409 g/mol. The molecular weight excluding hydrogens is 395 g/mol. The van der Waals surface area contributed by atoms with E-state index in [-0.39, 0.29) is 6.42 Å². The summed E-state index contributed by atoms with van der Waals surface area (Å²) in [6, 6.07) is 3.65. The lowest BCUT2D eigenvalue weighted by Crippen LogP contribution is -2.42. The highest BCUT2D eigenvalue weighted by atomic mass is 35.5. The first-order valence-corrected chi connectivity index (χ1v) is 8.44. The van der Waals surface area contributed by atoms with Crippen LogP contribution in [0.25, 0.3) is 0 Å². The number of primary amides is 1. The first-order valence-electron chi connectivity index (χ1n) is 7.68. The summed E-state index contributed by atoms with van der Waals surface area (Å²) < 4.78 is 5.19. The number of carboxylic acid groups (broad SMARTS) is 1. The number of hydrazone groups is 1. The molecule has 1 aromatic carbocycles. The van der Waals surface area contributed by atoms with Crippen LogP contribution < -0.4 is 10.5 Å². The Kier molecular flexibility index (Phi) is 5.20. The number of fused-ring (bicyclic) bond motifs is 1. The molecule has 3 rings (SSSR count). The third-order valence-electron chi connectivity index (χ3n) is 4.10. The van der Waals surface area contributed by atoms with Gasteiger partial charge in [-0.3, -0.25) is 9.78 Å². The molecule has 1 aromatic heterocycles. The van der Waals surface area contributed by atoms with Crippen LogP contribution in [-0.4, -0.2) is 39.9 Å². The molecule has 1 aliphatic rings. The number of nitrogens with two attached hydrogens (primary N) is 1. The molecule has 0 radical (unpaired) electrons. The molecule has 0 saturated carbocycles. The number of nitrogens with zero attached hydrogens (tertiary/aromatic N) is 3. The molecule has 140 valence electrons. The predicted molar refractivity (Wildman–Crippen MR) is 99.3 cm³/mol. The topological polar surface area (TPSA) is 118 Å². The average Bonchev–Trinajstić information content (AvgIpc) is 2.63. The van der Waals surface area contributed by atoms with E-state index in [0.29, 0.717) is 43.2 Å². The molecule has 1 aliphatic heterocycles. The number of halogens is 2. The van der Waals surface area contributed by atoms with Crippen molar-refractivity contribution in [2.75, 3.05) is 7.11 Å². The number of carbonyl (C=O) groups excluding carboxylic acids is 1. The molecule has 1 unspecified atom stereocenters. The van der Waals surface area contributed by atoms with Crippen LogP contribution in [0.3, 0.4) is 0 Å². The van der Waals surface area contributed by atoms with E-state index in [1.807, 2.05) is 0 Å². The van der Waals surface area contributed by atoms with Crippen LogP contribution >= 0.6 is 23.2 Å². The molecule has 3 N–H and O–H groups in total. The van der Waals surface area contributed by atoms with Gasteiger partial charge in [-0.15, -0.1) is 0 Å². The Labute approximate surface area is 164 Å². The quantitative estimate of drug-likeness (QED) is 0.805. The van der Waals surface area contributed by atoms with Gasteiger partial charge in [0.2, 0.25) is 5.91 Å². The molecule has 10 heteroatoms. The number of carbonyl (C=O) groups is 2. The zero-order chi connectivity index (χ0) is 19.7. The van der Waals surface area contributed by atoms with E-state index in [4.69, 9.17) is 33.7 Å². The summed E-state index contributed by atoms with van der Waals surface area (Å²) >= 11 is 12.4. The van der Waals surface area contributed by atoms with Gasteiger partial charge in [-0.2, -0.15) is 10.1 Å². The lowest BCUT2D eigenvalue weighted by atomic mass is 9.91. The van der Waals surface area contributed by atoms with Crippen molar-refractivity contribution in [1.82, 2.24) is 9.99 Å². The van der Waals surface area contributed by atoms with Gasteiger partial charge in [-0.1, -0.05) is 23.2 Å². The molecule has 0 spiro atoms. The molecule has 0 saturated heterocycles. The molecule has 8 nitrogen and oxygen atoms in total. The minimum absolute atomic E-state index is 0.134. The second-order valence-corrected chi connectivity index (χ2v) is 6.50. The smallest absolute Gasteiger partial charge is 0.429 e. The lowest BCUT2D eigenvalue weighted by Gasteiger charge is -2.30. The van der Waals surface area contributed by atoms with Crippen molar-refractivity contribution >= 4 is 40.9 Å². The largest absolute Gasteiger partial charge is 0.497 e. The maximum atomic E-state index is 12.0. The Hall–Kier alpha value is -2.84. The van der Waals surface area contributed by atoms with Gasteiger partial charge in [0.1, 0.15) is 5.75 Å². The number of rotatable bonds is 4. The zero-order valence-corrected chi connectivity index (χ0v) is 15.5. The number of aromatic nitrogens is 1. The fraction of sp³-hybridized carbons (Fsp3) is 0.176. The number of methoxy groups -OCH3 is 1. The van der Waals surface area contributed by atoms with Gasteiger partial charge < -0.3 is 15.6 Å². The second kappa shape index (κ2) is 7.42. The Morgan fingerprint density at radius 3 is 2.52 bits per heavy atom. The SMILES string of the molecule is COc1ccc2c(c1)C(C(N)=O)N(C(=O)O)N=C2Cc1c(Cl)cncc1Cl. The fourth-order valence-corrected chi connectivity index (χ4v) is 3.36. The van der Waals surface area contributed by atoms with Crippen LogP contribution in [0.15, 0.2) is 35.7 Å². The maximum Gasteiger partial charge on any atom is 0.429 e. The predicted octanol–water partition coefficient (Wildman–Crippen LogP) is 2.86. The van der Waals surface area contributed by atoms with Gasteiger partial charge in [0.25, 0.3) is 0 Å². The van der Waals surface area contributed by atoms with E-state index in [1.54, 1.807) is 18.2 Å². The summed E-state index contributed by atoms with van der Waals surface area (Å²) in [5.41, 5.74) is 7.27. The third-order valence-corrected chi connectivity index (χ3v) is 4.75. The standard InChI is InChI=1S/C17H14Cl2N4O4/c1-27-8-2-3-9-10(4-8)15(16(20)24)23(17(25)26)22-14(9)5-11-12(18)6-21-7-13(11)19/h2-4,6-7,15H,5H2,1H3,(H2,20,24)(H,25,26). The molecule has 2 heterocycles. The highest BCUT2D eigenvalue weighted by Gasteiger charge is 2.37. The Bertz CT molecular complexity index is 944. The number of hydrogen-bond acceptors (Lipinski definition) is 5. The number of pyridine rings is 1. The summed E-state index contributed by atoms with van der Waals surface area (Å²) in [5, 5.41) is 14.9. The molecule has 1 atom stereocenters. The van der Waals surface area contributed by atoms with Crippen molar-refractivity contribution in [3.05, 3.63) is 57.3 Å². The normalized spacial score (nSPS) is 15.7. The summed E-state index contributed by atoms with van der Waals surface area (Å²) in [6.07, 6.45) is 1.58. The molecule has 0 aliphatic carbocycles. The van der Waals surface area contributed by atoms with Crippen LogP contribution in [0.5, 0.6) is 5.75 Å². The van der Waals surface area contributed by atoms with E-state index in [2.05, 4.69) is 10.1 Å². The number of ether oxygens (including phenoxy) is 1. The summed E-state index contributed by atoms with van der Waals surface area (Å²) in [4.78, 5) is 27.5. The highest BCUT2D eigenvalue weighted by Crippen LogP contribution is 2.35. The lowest BCUT2D eigenvalue weighted by molar-refractivity contribution is -0.123. The molecular formula is C17H14Cl2N4O4. The van der Waals surface area contributed by atoms with Crippen molar-refractivity contribution < 1.29 is 19.4 Å². The minimum atomic E-state index is -1.42. The van der Waals surface area contributed by atoms with Gasteiger partial charge in [-0.25, -0.2) is 4.79 Å². The van der Waals surface area contributed by atoms with Crippen molar-refractivity contribution in [2.45, 2.75) is 12.5 Å². The van der Waals surface area contributed by atoms with Gasteiger partial charge in [-0.05, 0) is 29.3 Å². The molecule has 27 heavy (non-hydrogen) atoms. The van der Waals surface area contributed by atoms with E-state index in [1.165, 1.54) is 19.5 Å². The van der Waals surface area contributed by atoms with Gasteiger partial charge in [0.05, 0.1) is 22.9 Å². The van der Waals surface area contributed by atoms with Crippen LogP contribution in [0.4, 0.5) is 4.79 Å². The Balaban J connectivity index is 2.17. The number of benzene rings is 1. The number of hydrogen-bond donors (Lipinski definition) is 2. The Morgan fingerprint density at radius 2 is 1.96 bits per heavy atom. The van der Waals surface area contributed by atoms with E-state index in [9.17, 15) is 14.7 Å². The van der Waals surface area contributed by atoms with E-state index < -0.39 is 18.0 Å². The van der Waals surface area contributed by atoms with Crippen LogP contribution in [-0.2, 0) is 11.2 Å². The monoisotopic (exact) mass is 408 g/mol. The third kappa shape index (κ3) is 3.54. The maximum absolute atomic E-state index is 12.0. The van der Waals surface area contributed by atoms with Crippen LogP contribution in [0, 0.1) is 0 Å². The van der Waals surface area contributed by atoms with Crippen molar-refractivity contribution in [1.29, 1.82) is 0 Å². The first kappa shape index (κ1) is 18.9. The molecule has 0 fully saturated rings. The fourth-order valence-electron chi connectivity index (χ4n) is 2.86. The summed E-state index contributed by atoms with van der Waals surface area (Å²) in [7, 11) is 1.46. The van der Waals surface area contributed by atoms with Gasteiger partial charge in [0.15, 0.2) is 6.04 Å². The highest BCUT2D eigenvalue weighted by molar-refractivity contribution is 6.36. The second-order valence-electron chi connectivity index (χ2n) is 5.69. The van der Waals surface area contributed by atoms with Crippen molar-refractivity contribution in [2.24, 2.45) is 10.8 Å². The Morgan fingerprint density at radius 1 is 1.30 bits per heavy atom. The zero-order valence-electron chi connectivity index (χ0n) is 14.0. The van der Waals surface area contributed by atoms with Crippen molar-refractivity contribution in [3.63, 3.8) is 0 Å². The van der Waals surface area contributed by atoms with Crippen LogP contribution in [0.2, 0.25) is 10.0 Å². The number of amides is 2. The molecule has 0 bridgehead atoms. The molecule has 2 amide bonds. The van der Waals surface area contributed by atoms with Crippen molar-refractivity contribution in [3.8, 4) is 5.75 Å². The van der Waals surface area contributed by atoms with Crippen LogP contribution in [0.1, 0.15) is 22.7 Å². The summed E-state index contributed by atoms with van der Waals surface area (Å²) in [6.45, 7) is 0. The minimum Gasteiger partial charge on any atom is -0.497 e. The van der Waals surface area contributed by atoms with Gasteiger partial charge in [0, 0.05) is 24.4 Å². The van der Waals surface area contributed by atoms with E-state index in [0.717, 1.165) is 0 Å². The van der Waals surface area contributed by atoms with E-state index >= 15 is 0 Å².